The van der Waals surface area contributed by atoms with Crippen molar-refractivity contribution in [3.63, 3.8) is 0 Å². The van der Waals surface area contributed by atoms with Gasteiger partial charge in [-0.15, -0.1) is 0 Å². The van der Waals surface area contributed by atoms with Gasteiger partial charge >= 0.3 is 0 Å². The smallest absolute Gasteiger partial charge is 0.225 e. The first kappa shape index (κ1) is 47.9. The Hall–Kier alpha value is -4.55. The van der Waals surface area contributed by atoms with Crippen LogP contribution < -0.4 is 5.32 Å². The lowest BCUT2D eigenvalue weighted by Crippen LogP contribution is -2.33. The van der Waals surface area contributed by atoms with E-state index in [-0.39, 0.29) is 0 Å². The molecule has 5 heteroatoms. The van der Waals surface area contributed by atoms with Crippen LogP contribution in [0.3, 0.4) is 0 Å². The van der Waals surface area contributed by atoms with Crippen LogP contribution in [0.1, 0.15) is 128 Å². The summed E-state index contributed by atoms with van der Waals surface area (Å²) in [7, 11) is 4.22. The van der Waals surface area contributed by atoms with Gasteiger partial charge in [0, 0.05) is 38.0 Å². The van der Waals surface area contributed by atoms with Crippen LogP contribution in [-0.2, 0) is 11.3 Å². The molecule has 4 aliphatic rings. The minimum atomic E-state index is 0.333. The van der Waals surface area contributed by atoms with Crippen molar-refractivity contribution in [1.82, 2.24) is 20.0 Å². The number of hydrogen-bond acceptors (Lipinski definition) is 4. The molecule has 5 nitrogen and oxygen atoms in total. The highest BCUT2D eigenvalue weighted by atomic mass is 16.2. The number of aryl methyl sites for hydroxylation is 1. The van der Waals surface area contributed by atoms with E-state index in [0.29, 0.717) is 29.6 Å². The van der Waals surface area contributed by atoms with Gasteiger partial charge in [-0.05, 0) is 144 Å². The third kappa shape index (κ3) is 15.6. The summed E-state index contributed by atoms with van der Waals surface area (Å²) in [6.45, 7) is 13.4. The largest absolute Gasteiger partial charge is 0.342 e. The number of carbonyl (C=O) groups excluding carboxylic acids is 1. The molecule has 1 N–H and O–H groups in total. The predicted octanol–water partition coefficient (Wildman–Crippen LogP) is 12.5. The van der Waals surface area contributed by atoms with Crippen LogP contribution in [-0.4, -0.2) is 80.5 Å². The number of amides is 1. The highest BCUT2D eigenvalue weighted by Crippen LogP contribution is 2.33. The number of hydrogen-bond donors (Lipinski definition) is 1. The zero-order chi connectivity index (χ0) is 44.1. The van der Waals surface area contributed by atoms with Crippen LogP contribution in [0, 0.1) is 12.8 Å². The van der Waals surface area contributed by atoms with Crippen molar-refractivity contribution in [3.8, 4) is 0 Å². The first-order valence-corrected chi connectivity index (χ1v) is 24.5. The topological polar surface area (TPSA) is 38.8 Å². The molecule has 1 unspecified atom stereocenters. The van der Waals surface area contributed by atoms with Gasteiger partial charge in [0.25, 0.3) is 0 Å². The molecule has 4 fully saturated rings. The SMILES string of the molecule is CCC(CCNC)c1ccccc1.CN1CCC(c2ccccc2)CC1.Cc1cccc([C@@H]2CCN(Cc3ccccc3)C2)c1.O=C(C1CCCC1)N1CC[C@@H](c2ccccc2)C1. The Morgan fingerprint density at radius 3 is 1.76 bits per heavy atom. The molecule has 0 aromatic heterocycles. The highest BCUT2D eigenvalue weighted by molar-refractivity contribution is 5.79. The lowest BCUT2D eigenvalue weighted by Gasteiger charge is -2.29. The number of nitrogens with one attached hydrogen (secondary N) is 1. The van der Waals surface area contributed by atoms with E-state index < -0.39 is 0 Å². The van der Waals surface area contributed by atoms with Gasteiger partial charge in [-0.2, -0.15) is 0 Å². The summed E-state index contributed by atoms with van der Waals surface area (Å²) in [4.78, 5) is 19.4. The van der Waals surface area contributed by atoms with Gasteiger partial charge in [-0.25, -0.2) is 0 Å². The summed E-state index contributed by atoms with van der Waals surface area (Å²) in [6, 6.07) is 52.1. The van der Waals surface area contributed by atoms with Crippen LogP contribution in [0.2, 0.25) is 0 Å². The Morgan fingerprint density at radius 1 is 0.619 bits per heavy atom. The Labute approximate surface area is 382 Å². The number of benzene rings is 5. The summed E-state index contributed by atoms with van der Waals surface area (Å²) in [5.74, 6) is 3.54. The lowest BCUT2D eigenvalue weighted by atomic mass is 9.90. The molecule has 63 heavy (non-hydrogen) atoms. The molecule has 0 bridgehead atoms. The monoisotopic (exact) mass is 847 g/mol. The van der Waals surface area contributed by atoms with Crippen LogP contribution in [0.25, 0.3) is 0 Å². The summed E-state index contributed by atoms with van der Waals surface area (Å²) in [5, 5.41) is 3.20. The normalized spacial score (nSPS) is 19.8. The fraction of sp³-hybridized carbons (Fsp3) is 0.466. The van der Waals surface area contributed by atoms with Crippen LogP contribution in [0.4, 0.5) is 0 Å². The maximum absolute atomic E-state index is 12.4. The van der Waals surface area contributed by atoms with Crippen molar-refractivity contribution in [2.75, 3.05) is 59.9 Å². The van der Waals surface area contributed by atoms with Gasteiger partial charge in [0.05, 0.1) is 0 Å². The van der Waals surface area contributed by atoms with Gasteiger partial charge < -0.3 is 15.1 Å². The third-order valence-corrected chi connectivity index (χ3v) is 14.0. The van der Waals surface area contributed by atoms with Gasteiger partial charge in [0.15, 0.2) is 0 Å². The standard InChI is InChI=1S/C18H21N.C16H21NO.C12H17N.C12H19N/c1-15-6-5-9-17(12-15)18-10-11-19(14-18)13-16-7-3-2-4-8-16;18-16(14-8-4-5-9-14)17-11-10-15(12-17)13-6-2-1-3-7-13;1-13-9-7-12(8-10-13)11-5-3-2-4-6-11;1-3-11(9-10-13-2)12-7-5-4-6-8-12/h2-9,12,18H,10-11,13-14H2,1H3;1-3,6-7,14-15H,4-5,8-12H2;2-6,12H,7-10H2,1H3;4-8,11,13H,3,9-10H2,1-2H3/t18-;15-;;/m11../s1. The fourth-order valence-corrected chi connectivity index (χ4v) is 10.1. The third-order valence-electron chi connectivity index (χ3n) is 14.0. The number of nitrogens with zero attached hydrogens (tertiary/aromatic N) is 3. The van der Waals surface area contributed by atoms with E-state index in [4.69, 9.17) is 0 Å². The molecule has 3 heterocycles. The van der Waals surface area contributed by atoms with E-state index >= 15 is 0 Å². The van der Waals surface area contributed by atoms with E-state index in [1.165, 1.54) is 105 Å². The van der Waals surface area contributed by atoms with Gasteiger partial charge in [-0.1, -0.05) is 171 Å². The molecule has 0 radical (unpaired) electrons. The van der Waals surface area contributed by atoms with E-state index in [1.807, 2.05) is 7.05 Å². The van der Waals surface area contributed by atoms with Gasteiger partial charge in [-0.3, -0.25) is 9.69 Å². The first-order chi connectivity index (χ1) is 30.9. The van der Waals surface area contributed by atoms with Crippen molar-refractivity contribution in [2.24, 2.45) is 5.92 Å². The molecule has 336 valence electrons. The van der Waals surface area contributed by atoms with Crippen molar-refractivity contribution in [2.45, 2.75) is 108 Å². The zero-order valence-corrected chi connectivity index (χ0v) is 39.2. The molecule has 3 aliphatic heterocycles. The van der Waals surface area contributed by atoms with Crippen molar-refractivity contribution in [3.05, 3.63) is 179 Å². The summed E-state index contributed by atoms with van der Waals surface area (Å²) in [5.41, 5.74) is 8.69. The van der Waals surface area contributed by atoms with Crippen LogP contribution in [0.5, 0.6) is 0 Å². The van der Waals surface area contributed by atoms with Crippen LogP contribution in [0.15, 0.2) is 146 Å². The molecule has 1 aliphatic carbocycles. The fourth-order valence-electron chi connectivity index (χ4n) is 10.1. The average Bonchev–Trinajstić information content (AvgIpc) is 4.16. The average molecular weight is 847 g/mol. The second-order valence-corrected chi connectivity index (χ2v) is 18.7. The molecule has 3 saturated heterocycles. The maximum Gasteiger partial charge on any atom is 0.225 e. The number of rotatable bonds is 11. The summed E-state index contributed by atoms with van der Waals surface area (Å²) in [6.07, 6.45) is 12.2. The van der Waals surface area contributed by atoms with Crippen molar-refractivity contribution >= 4 is 5.91 Å². The van der Waals surface area contributed by atoms with Crippen LogP contribution >= 0.6 is 0 Å². The Morgan fingerprint density at radius 2 is 1.16 bits per heavy atom. The Kier molecular flexibility index (Phi) is 20.0. The number of likely N-dealkylation sites (tertiary alicyclic amines) is 3. The second-order valence-electron chi connectivity index (χ2n) is 18.7. The van der Waals surface area contributed by atoms with E-state index in [1.54, 1.807) is 0 Å². The minimum absolute atomic E-state index is 0.333. The summed E-state index contributed by atoms with van der Waals surface area (Å²) < 4.78 is 0. The number of piperidine rings is 1. The molecule has 1 amide bonds. The van der Waals surface area contributed by atoms with Gasteiger partial charge in [0.1, 0.15) is 0 Å². The molecule has 5 aromatic carbocycles. The van der Waals surface area contributed by atoms with Crippen molar-refractivity contribution in [1.29, 1.82) is 0 Å². The highest BCUT2D eigenvalue weighted by Gasteiger charge is 2.32. The van der Waals surface area contributed by atoms with Crippen molar-refractivity contribution < 1.29 is 4.79 Å². The van der Waals surface area contributed by atoms with E-state index in [9.17, 15) is 4.79 Å². The molecule has 0 spiro atoms. The first-order valence-electron chi connectivity index (χ1n) is 24.5. The van der Waals surface area contributed by atoms with Gasteiger partial charge in [0.2, 0.25) is 5.91 Å². The molecule has 3 atom stereocenters. The van der Waals surface area contributed by atoms with E-state index in [2.05, 4.69) is 187 Å². The molecular weight excluding hydrogens is 769 g/mol. The summed E-state index contributed by atoms with van der Waals surface area (Å²) >= 11 is 0. The Balaban J connectivity index is 0.000000142. The molecule has 1 saturated carbocycles. The number of carbonyl (C=O) groups is 1. The Bertz CT molecular complexity index is 1940. The quantitative estimate of drug-likeness (QED) is 0.144. The lowest BCUT2D eigenvalue weighted by molar-refractivity contribution is -0.134. The van der Waals surface area contributed by atoms with E-state index in [0.717, 1.165) is 51.4 Å². The second kappa shape index (κ2) is 26.3. The minimum Gasteiger partial charge on any atom is -0.342 e. The predicted molar refractivity (Wildman–Crippen MR) is 267 cm³/mol. The zero-order valence-electron chi connectivity index (χ0n) is 39.2. The molecule has 9 rings (SSSR count). The maximum atomic E-state index is 12.4. The molecule has 5 aromatic rings. The molecular formula is C58H78N4O.